The number of nitrogens with zero attached hydrogens (tertiary/aromatic N) is 2. The molecule has 2 rings (SSSR count). The SMILES string of the molecule is CC(=O)NCCc1ccnc2c(CCNS(C)(=O)=O)cc(C#N)cc12. The Morgan fingerprint density at radius 1 is 1.24 bits per heavy atom. The number of carbonyl (C=O) groups is 1. The first-order chi connectivity index (χ1) is 11.8. The summed E-state index contributed by atoms with van der Waals surface area (Å²) in [6.07, 6.45) is 3.84. The van der Waals surface area contributed by atoms with Gasteiger partial charge in [-0.05, 0) is 42.2 Å². The van der Waals surface area contributed by atoms with E-state index >= 15 is 0 Å². The first-order valence-corrected chi connectivity index (χ1v) is 9.69. The van der Waals surface area contributed by atoms with Gasteiger partial charge in [-0.1, -0.05) is 0 Å². The number of hydrogen-bond acceptors (Lipinski definition) is 5. The summed E-state index contributed by atoms with van der Waals surface area (Å²) >= 11 is 0. The zero-order chi connectivity index (χ0) is 18.4. The number of hydrogen-bond donors (Lipinski definition) is 2. The fourth-order valence-electron chi connectivity index (χ4n) is 2.60. The second-order valence-corrected chi connectivity index (χ2v) is 7.60. The Morgan fingerprint density at radius 2 is 1.96 bits per heavy atom. The average molecular weight is 360 g/mol. The van der Waals surface area contributed by atoms with Crippen molar-refractivity contribution >= 4 is 26.8 Å². The van der Waals surface area contributed by atoms with E-state index in [0.29, 0.717) is 24.9 Å². The minimum absolute atomic E-state index is 0.0939. The number of sulfonamides is 1. The van der Waals surface area contributed by atoms with Gasteiger partial charge in [0.25, 0.3) is 0 Å². The highest BCUT2D eigenvalue weighted by Crippen LogP contribution is 2.23. The largest absolute Gasteiger partial charge is 0.356 e. The van der Waals surface area contributed by atoms with Crippen LogP contribution in [0, 0.1) is 11.3 Å². The molecule has 1 heterocycles. The Bertz CT molecular complexity index is 933. The van der Waals surface area contributed by atoms with E-state index in [-0.39, 0.29) is 12.5 Å². The van der Waals surface area contributed by atoms with Crippen LogP contribution in [0.5, 0.6) is 0 Å². The van der Waals surface area contributed by atoms with Crippen molar-refractivity contribution in [3.05, 3.63) is 41.1 Å². The molecule has 0 fully saturated rings. The van der Waals surface area contributed by atoms with Gasteiger partial charge in [0.15, 0.2) is 0 Å². The predicted molar refractivity (Wildman–Crippen MR) is 95.4 cm³/mol. The van der Waals surface area contributed by atoms with Crippen molar-refractivity contribution in [1.29, 1.82) is 5.26 Å². The number of aromatic nitrogens is 1. The van der Waals surface area contributed by atoms with Gasteiger partial charge >= 0.3 is 0 Å². The van der Waals surface area contributed by atoms with Crippen LogP contribution in [0.1, 0.15) is 23.6 Å². The summed E-state index contributed by atoms with van der Waals surface area (Å²) in [5.74, 6) is -0.0939. The van der Waals surface area contributed by atoms with E-state index in [1.165, 1.54) is 6.92 Å². The summed E-state index contributed by atoms with van der Waals surface area (Å²) in [4.78, 5) is 15.4. The zero-order valence-corrected chi connectivity index (χ0v) is 15.0. The van der Waals surface area contributed by atoms with Crippen LogP contribution < -0.4 is 10.0 Å². The van der Waals surface area contributed by atoms with Crippen LogP contribution in [0.25, 0.3) is 10.9 Å². The van der Waals surface area contributed by atoms with Gasteiger partial charge in [0.2, 0.25) is 15.9 Å². The van der Waals surface area contributed by atoms with E-state index in [1.54, 1.807) is 18.3 Å². The maximum Gasteiger partial charge on any atom is 0.216 e. The molecule has 1 aromatic heterocycles. The predicted octanol–water partition coefficient (Wildman–Crippen LogP) is 0.877. The molecular weight excluding hydrogens is 340 g/mol. The monoisotopic (exact) mass is 360 g/mol. The lowest BCUT2D eigenvalue weighted by atomic mass is 9.98. The number of benzene rings is 1. The number of rotatable bonds is 7. The molecule has 1 amide bonds. The third-order valence-corrected chi connectivity index (χ3v) is 4.40. The van der Waals surface area contributed by atoms with Crippen LogP contribution in [0.3, 0.4) is 0 Å². The molecule has 0 saturated heterocycles. The van der Waals surface area contributed by atoms with Crippen LogP contribution in [-0.4, -0.2) is 38.7 Å². The lowest BCUT2D eigenvalue weighted by molar-refractivity contribution is -0.118. The Morgan fingerprint density at radius 3 is 2.60 bits per heavy atom. The molecule has 0 bridgehead atoms. The minimum Gasteiger partial charge on any atom is -0.356 e. The molecule has 0 radical (unpaired) electrons. The molecule has 0 atom stereocenters. The second-order valence-electron chi connectivity index (χ2n) is 5.76. The van der Waals surface area contributed by atoms with E-state index in [2.05, 4.69) is 21.1 Å². The van der Waals surface area contributed by atoms with Crippen molar-refractivity contribution in [3.63, 3.8) is 0 Å². The summed E-state index contributed by atoms with van der Waals surface area (Å²) < 4.78 is 24.9. The van der Waals surface area contributed by atoms with E-state index < -0.39 is 10.0 Å². The Hall–Kier alpha value is -2.50. The van der Waals surface area contributed by atoms with E-state index in [0.717, 1.165) is 28.3 Å². The van der Waals surface area contributed by atoms with Crippen molar-refractivity contribution in [2.45, 2.75) is 19.8 Å². The molecule has 132 valence electrons. The second kappa shape index (κ2) is 8.05. The summed E-state index contributed by atoms with van der Waals surface area (Å²) in [6, 6.07) is 7.51. The average Bonchev–Trinajstić information content (AvgIpc) is 2.53. The quantitative estimate of drug-likeness (QED) is 0.761. The highest BCUT2D eigenvalue weighted by molar-refractivity contribution is 7.88. The molecule has 0 aliphatic heterocycles. The number of fused-ring (bicyclic) bond motifs is 1. The Kier molecular flexibility index (Phi) is 6.07. The maximum atomic E-state index is 11.2. The van der Waals surface area contributed by atoms with Gasteiger partial charge in [-0.2, -0.15) is 5.26 Å². The standard InChI is InChI=1S/C17H20N4O3S/c1-12(22)19-6-3-14-4-7-20-17-15(5-8-21-25(2,23)24)9-13(11-18)10-16(14)17/h4,7,9-10,21H,3,5-6,8H2,1-2H3,(H,19,22). The van der Waals surface area contributed by atoms with Crippen molar-refractivity contribution in [3.8, 4) is 6.07 Å². The molecule has 0 unspecified atom stereocenters. The Labute approximate surface area is 147 Å². The molecule has 0 aliphatic carbocycles. The first kappa shape index (κ1) is 18.8. The van der Waals surface area contributed by atoms with Crippen molar-refractivity contribution < 1.29 is 13.2 Å². The van der Waals surface area contributed by atoms with Crippen LogP contribution in [0.2, 0.25) is 0 Å². The lowest BCUT2D eigenvalue weighted by Gasteiger charge is -2.11. The number of amides is 1. The van der Waals surface area contributed by atoms with Crippen LogP contribution >= 0.6 is 0 Å². The van der Waals surface area contributed by atoms with Gasteiger partial charge in [-0.3, -0.25) is 9.78 Å². The van der Waals surface area contributed by atoms with Crippen molar-refractivity contribution in [2.75, 3.05) is 19.3 Å². The number of nitrogens with one attached hydrogen (secondary N) is 2. The van der Waals surface area contributed by atoms with E-state index in [4.69, 9.17) is 0 Å². The van der Waals surface area contributed by atoms with Crippen molar-refractivity contribution in [2.24, 2.45) is 0 Å². The summed E-state index contributed by atoms with van der Waals surface area (Å²) in [5.41, 5.74) is 3.03. The molecule has 25 heavy (non-hydrogen) atoms. The highest BCUT2D eigenvalue weighted by atomic mass is 32.2. The molecular formula is C17H20N4O3S. The van der Waals surface area contributed by atoms with Gasteiger partial charge in [-0.25, -0.2) is 13.1 Å². The minimum atomic E-state index is -3.27. The molecule has 8 heteroatoms. The van der Waals surface area contributed by atoms with Crippen molar-refractivity contribution in [1.82, 2.24) is 15.0 Å². The molecule has 1 aromatic carbocycles. The third kappa shape index (κ3) is 5.52. The van der Waals surface area contributed by atoms with Gasteiger partial charge in [0.05, 0.1) is 23.4 Å². The normalized spacial score (nSPS) is 11.2. The smallest absolute Gasteiger partial charge is 0.216 e. The maximum absolute atomic E-state index is 11.2. The molecule has 7 nitrogen and oxygen atoms in total. The Balaban J connectivity index is 2.35. The molecule has 2 aromatic rings. The van der Waals surface area contributed by atoms with Crippen LogP contribution in [0.4, 0.5) is 0 Å². The highest BCUT2D eigenvalue weighted by Gasteiger charge is 2.10. The van der Waals surface area contributed by atoms with Gasteiger partial charge in [-0.15, -0.1) is 0 Å². The van der Waals surface area contributed by atoms with Gasteiger partial charge in [0, 0.05) is 31.6 Å². The summed E-state index contributed by atoms with van der Waals surface area (Å²) in [7, 11) is -3.27. The number of carbonyl (C=O) groups excluding carboxylic acids is 1. The number of pyridine rings is 1. The van der Waals surface area contributed by atoms with E-state index in [9.17, 15) is 18.5 Å². The summed E-state index contributed by atoms with van der Waals surface area (Å²) in [5, 5.41) is 12.9. The topological polar surface area (TPSA) is 112 Å². The zero-order valence-electron chi connectivity index (χ0n) is 14.2. The molecule has 0 saturated carbocycles. The fourth-order valence-corrected chi connectivity index (χ4v) is 3.07. The molecule has 0 spiro atoms. The van der Waals surface area contributed by atoms with E-state index in [1.807, 2.05) is 6.07 Å². The van der Waals surface area contributed by atoms with Crippen LogP contribution in [-0.2, 0) is 27.7 Å². The fraction of sp³-hybridized carbons (Fsp3) is 0.353. The lowest BCUT2D eigenvalue weighted by Crippen LogP contribution is -2.24. The first-order valence-electron chi connectivity index (χ1n) is 7.80. The van der Waals surface area contributed by atoms with Crippen LogP contribution in [0.15, 0.2) is 24.4 Å². The number of nitriles is 1. The summed E-state index contributed by atoms with van der Waals surface area (Å²) in [6.45, 7) is 2.20. The van der Waals surface area contributed by atoms with Gasteiger partial charge < -0.3 is 5.32 Å². The van der Waals surface area contributed by atoms with Gasteiger partial charge in [0.1, 0.15) is 0 Å². The molecule has 2 N–H and O–H groups in total. The molecule has 0 aliphatic rings. The third-order valence-electron chi connectivity index (χ3n) is 3.67.